The minimum absolute atomic E-state index is 0.0113. The lowest BCUT2D eigenvalue weighted by Crippen LogP contribution is -2.15. The Morgan fingerprint density at radius 3 is 2.65 bits per heavy atom. The summed E-state index contributed by atoms with van der Waals surface area (Å²) < 4.78 is 17.0. The van der Waals surface area contributed by atoms with Gasteiger partial charge in [-0.25, -0.2) is 4.79 Å². The minimum atomic E-state index is -0.480. The second kappa shape index (κ2) is 9.03. The van der Waals surface area contributed by atoms with Gasteiger partial charge < -0.3 is 19.0 Å². The summed E-state index contributed by atoms with van der Waals surface area (Å²) in [5.41, 5.74) is 0.945. The highest BCUT2D eigenvalue weighted by molar-refractivity contribution is 8.00. The summed E-state index contributed by atoms with van der Waals surface area (Å²) in [6, 6.07) is 1.50. The van der Waals surface area contributed by atoms with Gasteiger partial charge in [-0.1, -0.05) is 43.9 Å². The fraction of sp³-hybridized carbons (Fsp3) is 0.480. The zero-order valence-electron chi connectivity index (χ0n) is 17.5. The van der Waals surface area contributed by atoms with Crippen LogP contribution < -0.4 is 5.63 Å². The van der Waals surface area contributed by atoms with Crippen LogP contribution >= 0.6 is 11.8 Å². The lowest BCUT2D eigenvalue weighted by Gasteiger charge is -2.22. The molecular formula is C25H28O5S. The second-order valence-electron chi connectivity index (χ2n) is 8.77. The average Bonchev–Trinajstić information content (AvgIpc) is 3.45. The third kappa shape index (κ3) is 4.79. The lowest BCUT2D eigenvalue weighted by molar-refractivity contribution is 0.273. The largest absolute Gasteiger partial charge is 0.507 e. The number of thioether (sulfide) groups is 1. The highest BCUT2D eigenvalue weighted by Crippen LogP contribution is 2.48. The number of ether oxygens (including phenoxy) is 2. The van der Waals surface area contributed by atoms with Gasteiger partial charge in [0.25, 0.3) is 0 Å². The van der Waals surface area contributed by atoms with E-state index < -0.39 is 5.63 Å². The van der Waals surface area contributed by atoms with Crippen molar-refractivity contribution in [3.8, 4) is 5.75 Å². The van der Waals surface area contributed by atoms with Crippen molar-refractivity contribution in [3.63, 3.8) is 0 Å². The van der Waals surface area contributed by atoms with Crippen LogP contribution in [0.4, 0.5) is 0 Å². The highest BCUT2D eigenvalue weighted by atomic mass is 32.2. The van der Waals surface area contributed by atoms with Crippen molar-refractivity contribution in [2.75, 3.05) is 0 Å². The predicted molar refractivity (Wildman–Crippen MR) is 121 cm³/mol. The van der Waals surface area contributed by atoms with E-state index in [2.05, 4.69) is 6.08 Å². The number of aromatic hydroxyl groups is 1. The van der Waals surface area contributed by atoms with Crippen LogP contribution in [-0.4, -0.2) is 10.4 Å². The van der Waals surface area contributed by atoms with Crippen LogP contribution in [0.2, 0.25) is 0 Å². The Bertz CT molecular complexity index is 1010. The molecule has 6 heteroatoms. The van der Waals surface area contributed by atoms with E-state index in [-0.39, 0.29) is 22.5 Å². The maximum absolute atomic E-state index is 13.0. The Morgan fingerprint density at radius 1 is 1.13 bits per heavy atom. The number of allylic oxidation sites excluding steroid dienone is 4. The molecule has 1 aromatic heterocycles. The van der Waals surface area contributed by atoms with E-state index >= 15 is 0 Å². The molecule has 5 nitrogen and oxygen atoms in total. The van der Waals surface area contributed by atoms with E-state index in [4.69, 9.17) is 13.9 Å². The van der Waals surface area contributed by atoms with E-state index in [9.17, 15) is 9.90 Å². The number of hydrogen-bond acceptors (Lipinski definition) is 6. The normalized spacial score (nSPS) is 22.3. The molecule has 0 amide bonds. The van der Waals surface area contributed by atoms with E-state index in [1.165, 1.54) is 50.9 Å². The molecule has 1 aliphatic heterocycles. The van der Waals surface area contributed by atoms with Crippen LogP contribution in [0.15, 0.2) is 57.4 Å². The smallest absolute Gasteiger partial charge is 0.344 e. The van der Waals surface area contributed by atoms with Crippen LogP contribution in [0, 0.1) is 5.92 Å². The molecule has 1 atom stereocenters. The molecular weight excluding hydrogens is 412 g/mol. The summed E-state index contributed by atoms with van der Waals surface area (Å²) in [6.45, 7) is 0. The first-order chi connectivity index (χ1) is 15.2. The Balaban J connectivity index is 1.38. The fourth-order valence-electron chi connectivity index (χ4n) is 4.44. The summed E-state index contributed by atoms with van der Waals surface area (Å²) in [5, 5.41) is 11.4. The third-order valence-corrected chi connectivity index (χ3v) is 7.95. The van der Waals surface area contributed by atoms with Gasteiger partial charge in [-0.3, -0.25) is 0 Å². The number of rotatable bonds is 7. The molecule has 2 fully saturated rings. The molecule has 5 rings (SSSR count). The molecule has 0 radical (unpaired) electrons. The van der Waals surface area contributed by atoms with Gasteiger partial charge in [0.2, 0.25) is 5.76 Å². The van der Waals surface area contributed by atoms with Crippen molar-refractivity contribution in [3.05, 3.63) is 69.9 Å². The molecule has 164 valence electrons. The monoisotopic (exact) mass is 440 g/mol. The second-order valence-corrected chi connectivity index (χ2v) is 10.3. The van der Waals surface area contributed by atoms with Gasteiger partial charge in [0.15, 0.2) is 11.5 Å². The molecule has 4 aliphatic rings. The Hall–Kier alpha value is -2.34. The van der Waals surface area contributed by atoms with Gasteiger partial charge in [-0.05, 0) is 43.6 Å². The third-order valence-electron chi connectivity index (χ3n) is 6.33. The van der Waals surface area contributed by atoms with Crippen LogP contribution in [0.1, 0.15) is 74.4 Å². The SMILES string of the molecule is O=c1oc(C2=COC=C(C3=CC=CCC3)O2)cc(O)c1C(CC1CC1)SC1CCCC1. The van der Waals surface area contributed by atoms with Gasteiger partial charge in [0.1, 0.15) is 18.3 Å². The van der Waals surface area contributed by atoms with Gasteiger partial charge >= 0.3 is 5.63 Å². The molecule has 1 unspecified atom stereocenters. The minimum Gasteiger partial charge on any atom is -0.507 e. The van der Waals surface area contributed by atoms with Gasteiger partial charge in [0, 0.05) is 16.6 Å². The first kappa shape index (κ1) is 20.6. The van der Waals surface area contributed by atoms with Crippen molar-refractivity contribution < 1.29 is 19.0 Å². The van der Waals surface area contributed by atoms with E-state index in [0.29, 0.717) is 22.5 Å². The zero-order chi connectivity index (χ0) is 21.2. The average molecular weight is 441 g/mol. The Morgan fingerprint density at radius 2 is 1.94 bits per heavy atom. The highest BCUT2D eigenvalue weighted by Gasteiger charge is 2.33. The first-order valence-corrected chi connectivity index (χ1v) is 12.2. The van der Waals surface area contributed by atoms with Gasteiger partial charge in [-0.15, -0.1) is 11.8 Å². The molecule has 31 heavy (non-hydrogen) atoms. The van der Waals surface area contributed by atoms with Crippen LogP contribution in [0.3, 0.4) is 0 Å². The first-order valence-electron chi connectivity index (χ1n) is 11.3. The van der Waals surface area contributed by atoms with Crippen molar-refractivity contribution in [1.82, 2.24) is 0 Å². The van der Waals surface area contributed by atoms with Gasteiger partial charge in [-0.2, -0.15) is 0 Å². The molecule has 2 saturated carbocycles. The Labute approximate surface area is 186 Å². The predicted octanol–water partition coefficient (Wildman–Crippen LogP) is 6.33. The molecule has 0 spiro atoms. The van der Waals surface area contributed by atoms with Gasteiger partial charge in [0.05, 0.1) is 5.56 Å². The standard InChI is InChI=1S/C25H28O5S/c26-19-13-20(22-15-28-14-21(29-22)17-6-2-1-3-7-17)30-25(27)24(19)23(12-16-10-11-16)31-18-8-4-5-9-18/h1-2,6,13-16,18,23,26H,3-5,7-12H2. The van der Waals surface area contributed by atoms with Crippen LogP contribution in [0.5, 0.6) is 5.75 Å². The maximum Gasteiger partial charge on any atom is 0.344 e. The molecule has 0 saturated heterocycles. The van der Waals surface area contributed by atoms with Crippen molar-refractivity contribution in [2.24, 2.45) is 5.92 Å². The zero-order valence-corrected chi connectivity index (χ0v) is 18.4. The van der Waals surface area contributed by atoms with E-state index in [0.717, 1.165) is 24.8 Å². The summed E-state index contributed by atoms with van der Waals surface area (Å²) in [5.74, 6) is 1.70. The molecule has 3 aliphatic carbocycles. The number of hydrogen-bond donors (Lipinski definition) is 1. The quantitative estimate of drug-likeness (QED) is 0.535. The summed E-state index contributed by atoms with van der Waals surface area (Å²) >= 11 is 1.85. The fourth-order valence-corrected chi connectivity index (χ4v) is 6.25. The molecule has 1 N–H and O–H groups in total. The van der Waals surface area contributed by atoms with E-state index in [1.54, 1.807) is 6.26 Å². The van der Waals surface area contributed by atoms with Crippen molar-refractivity contribution in [2.45, 2.75) is 68.3 Å². The van der Waals surface area contributed by atoms with Crippen LogP contribution in [0.25, 0.3) is 5.76 Å². The summed E-state index contributed by atoms with van der Waals surface area (Å²) in [4.78, 5) is 13.0. The van der Waals surface area contributed by atoms with Crippen LogP contribution in [-0.2, 0) is 9.47 Å². The summed E-state index contributed by atoms with van der Waals surface area (Å²) in [6.07, 6.45) is 19.0. The molecule has 0 bridgehead atoms. The maximum atomic E-state index is 13.0. The van der Waals surface area contributed by atoms with Crippen molar-refractivity contribution in [1.29, 1.82) is 0 Å². The molecule has 0 aromatic carbocycles. The Kier molecular flexibility index (Phi) is 5.99. The molecule has 2 heterocycles. The van der Waals surface area contributed by atoms with Crippen molar-refractivity contribution >= 4 is 17.5 Å². The topological polar surface area (TPSA) is 68.9 Å². The molecule has 1 aromatic rings. The lowest BCUT2D eigenvalue weighted by atomic mass is 10.0. The summed E-state index contributed by atoms with van der Waals surface area (Å²) in [7, 11) is 0. The van der Waals surface area contributed by atoms with E-state index in [1.807, 2.05) is 23.9 Å².